The molecule has 5 heteroatoms. The van der Waals surface area contributed by atoms with E-state index in [-0.39, 0.29) is 30.0 Å². The molecule has 0 spiro atoms. The largest absolute Gasteiger partial charge is 0.426 e. The summed E-state index contributed by atoms with van der Waals surface area (Å²) < 4.78 is 11.3. The fourth-order valence-corrected chi connectivity index (χ4v) is 4.48. The van der Waals surface area contributed by atoms with E-state index in [0.717, 1.165) is 25.7 Å². The Bertz CT molecular complexity index is 750. The van der Waals surface area contributed by atoms with Gasteiger partial charge in [0.15, 0.2) is 5.76 Å². The first-order valence-corrected chi connectivity index (χ1v) is 8.93. The van der Waals surface area contributed by atoms with Gasteiger partial charge in [0.1, 0.15) is 5.75 Å². The Hall–Kier alpha value is -2.27. The van der Waals surface area contributed by atoms with Gasteiger partial charge in [-0.05, 0) is 43.9 Å². The van der Waals surface area contributed by atoms with Crippen LogP contribution in [-0.2, 0) is 0 Å². The van der Waals surface area contributed by atoms with E-state index in [0.29, 0.717) is 17.5 Å². The van der Waals surface area contributed by atoms with Crippen LogP contribution in [0.3, 0.4) is 0 Å². The van der Waals surface area contributed by atoms with Crippen LogP contribution in [0.1, 0.15) is 43.2 Å². The summed E-state index contributed by atoms with van der Waals surface area (Å²) in [5.41, 5.74) is -0.158. The summed E-state index contributed by atoms with van der Waals surface area (Å²) in [7, 11) is 0. The fourth-order valence-electron chi connectivity index (χ4n) is 4.48. The van der Waals surface area contributed by atoms with Gasteiger partial charge < -0.3 is 19.2 Å². The molecule has 3 atom stereocenters. The monoisotopic (exact) mass is 341 g/mol. The van der Waals surface area contributed by atoms with Crippen LogP contribution in [0, 0.1) is 5.41 Å². The summed E-state index contributed by atoms with van der Waals surface area (Å²) in [6.45, 7) is 2.23. The van der Waals surface area contributed by atoms with Crippen molar-refractivity contribution in [3.8, 4) is 11.7 Å². The molecule has 3 heterocycles. The van der Waals surface area contributed by atoms with E-state index in [4.69, 9.17) is 9.15 Å². The summed E-state index contributed by atoms with van der Waals surface area (Å²) >= 11 is 0. The van der Waals surface area contributed by atoms with E-state index >= 15 is 0 Å². The quantitative estimate of drug-likeness (QED) is 0.897. The third-order valence-electron chi connectivity index (χ3n) is 5.86. The molecule has 1 N–H and O–H groups in total. The Morgan fingerprint density at radius 3 is 2.76 bits per heavy atom. The van der Waals surface area contributed by atoms with Crippen molar-refractivity contribution in [3.05, 3.63) is 48.2 Å². The van der Waals surface area contributed by atoms with Crippen molar-refractivity contribution >= 4 is 5.91 Å². The van der Waals surface area contributed by atoms with Crippen LogP contribution in [-0.4, -0.2) is 34.6 Å². The van der Waals surface area contributed by atoms with E-state index in [2.05, 4.69) is 6.92 Å². The molecule has 1 aromatic heterocycles. The lowest BCUT2D eigenvalue weighted by molar-refractivity contribution is 0.0530. The Labute approximate surface area is 147 Å². The van der Waals surface area contributed by atoms with Crippen molar-refractivity contribution in [3.63, 3.8) is 0 Å². The summed E-state index contributed by atoms with van der Waals surface area (Å²) in [5.74, 6) is 1.18. The van der Waals surface area contributed by atoms with E-state index in [1.54, 1.807) is 12.1 Å². The van der Waals surface area contributed by atoms with Gasteiger partial charge in [0.25, 0.3) is 11.9 Å². The van der Waals surface area contributed by atoms with Crippen molar-refractivity contribution in [1.82, 2.24) is 4.90 Å². The number of hydrogen-bond donors (Lipinski definition) is 1. The van der Waals surface area contributed by atoms with Crippen molar-refractivity contribution < 1.29 is 19.1 Å². The summed E-state index contributed by atoms with van der Waals surface area (Å²) in [4.78, 5) is 14.9. The molecule has 1 aromatic carbocycles. The van der Waals surface area contributed by atoms with Crippen LogP contribution < -0.4 is 4.74 Å². The summed E-state index contributed by atoms with van der Waals surface area (Å²) in [6.07, 6.45) is 3.73. The Morgan fingerprint density at radius 2 is 2.08 bits per heavy atom. The van der Waals surface area contributed by atoms with E-state index in [9.17, 15) is 9.90 Å². The second-order valence-corrected chi connectivity index (χ2v) is 7.07. The minimum Gasteiger partial charge on any atom is -0.426 e. The SMILES string of the molecule is CC[C@@]1(CO)C[C@@H]2CC[C@H]1N2C(=O)c1ccc(Oc2ccccc2)o1. The van der Waals surface area contributed by atoms with Crippen LogP contribution in [0.25, 0.3) is 0 Å². The third-order valence-corrected chi connectivity index (χ3v) is 5.86. The molecule has 132 valence electrons. The lowest BCUT2D eigenvalue weighted by atomic mass is 9.72. The van der Waals surface area contributed by atoms with Crippen molar-refractivity contribution in [2.75, 3.05) is 6.61 Å². The van der Waals surface area contributed by atoms with Crippen molar-refractivity contribution in [2.45, 2.75) is 44.7 Å². The molecule has 0 saturated carbocycles. The molecule has 2 fully saturated rings. The van der Waals surface area contributed by atoms with Gasteiger partial charge in [-0.1, -0.05) is 25.1 Å². The fraction of sp³-hybridized carbons (Fsp3) is 0.450. The number of hydrogen-bond acceptors (Lipinski definition) is 4. The molecular weight excluding hydrogens is 318 g/mol. The van der Waals surface area contributed by atoms with E-state index in [1.807, 2.05) is 35.2 Å². The van der Waals surface area contributed by atoms with Gasteiger partial charge in [-0.25, -0.2) is 0 Å². The predicted octanol–water partition coefficient (Wildman–Crippen LogP) is 3.84. The molecular formula is C20H23NO4. The van der Waals surface area contributed by atoms with Crippen molar-refractivity contribution in [2.24, 2.45) is 5.41 Å². The predicted molar refractivity (Wildman–Crippen MR) is 92.6 cm³/mol. The van der Waals surface area contributed by atoms with Gasteiger partial charge in [-0.3, -0.25) is 4.79 Å². The molecule has 2 aromatic rings. The number of aliphatic hydroxyl groups is 1. The Kier molecular flexibility index (Phi) is 4.04. The number of aliphatic hydroxyl groups excluding tert-OH is 1. The van der Waals surface area contributed by atoms with Gasteiger partial charge >= 0.3 is 0 Å². The van der Waals surface area contributed by atoms with Crippen molar-refractivity contribution in [1.29, 1.82) is 0 Å². The number of rotatable bonds is 5. The van der Waals surface area contributed by atoms with E-state index < -0.39 is 0 Å². The van der Waals surface area contributed by atoms with Gasteiger partial charge in [-0.2, -0.15) is 0 Å². The zero-order valence-corrected chi connectivity index (χ0v) is 14.4. The topological polar surface area (TPSA) is 62.9 Å². The molecule has 2 saturated heterocycles. The number of furan rings is 1. The molecule has 25 heavy (non-hydrogen) atoms. The van der Waals surface area contributed by atoms with Crippen LogP contribution in [0.15, 0.2) is 46.9 Å². The number of benzene rings is 1. The van der Waals surface area contributed by atoms with Crippen LogP contribution in [0.4, 0.5) is 0 Å². The lowest BCUT2D eigenvalue weighted by Crippen LogP contribution is -2.42. The Morgan fingerprint density at radius 1 is 1.28 bits per heavy atom. The average molecular weight is 341 g/mol. The zero-order valence-electron chi connectivity index (χ0n) is 14.4. The zero-order chi connectivity index (χ0) is 17.4. The number of ether oxygens (including phenoxy) is 1. The number of nitrogens with zero attached hydrogens (tertiary/aromatic N) is 1. The Balaban J connectivity index is 1.52. The molecule has 1 amide bonds. The lowest BCUT2D eigenvalue weighted by Gasteiger charge is -2.34. The smallest absolute Gasteiger partial charge is 0.290 e. The third kappa shape index (κ3) is 2.63. The first kappa shape index (κ1) is 16.2. The highest BCUT2D eigenvalue weighted by Crippen LogP contribution is 2.51. The highest BCUT2D eigenvalue weighted by molar-refractivity contribution is 5.92. The first-order valence-electron chi connectivity index (χ1n) is 8.93. The second-order valence-electron chi connectivity index (χ2n) is 7.07. The van der Waals surface area contributed by atoms with Crippen LogP contribution >= 0.6 is 0 Å². The second kappa shape index (κ2) is 6.23. The van der Waals surface area contributed by atoms with Gasteiger partial charge in [0.2, 0.25) is 0 Å². The molecule has 0 radical (unpaired) electrons. The average Bonchev–Trinajstić information content (AvgIpc) is 3.35. The number of carbonyl (C=O) groups is 1. The highest BCUT2D eigenvalue weighted by Gasteiger charge is 2.56. The molecule has 0 unspecified atom stereocenters. The minimum atomic E-state index is -0.158. The number of fused-ring (bicyclic) bond motifs is 2. The highest BCUT2D eigenvalue weighted by atomic mass is 16.6. The standard InChI is InChI=1S/C20H23NO4/c1-2-20(13-22)12-14-8-10-17(20)21(14)19(23)16-9-11-18(25-16)24-15-6-4-3-5-7-15/h3-7,9,11,14,17,22H,2,8,10,12-13H2,1H3/t14-,17+,20-/m0/s1. The normalized spacial score (nSPS) is 27.7. The van der Waals surface area contributed by atoms with Gasteiger partial charge in [0, 0.05) is 23.6 Å². The first-order chi connectivity index (χ1) is 12.2. The molecule has 2 aliphatic heterocycles. The maximum absolute atomic E-state index is 13.0. The summed E-state index contributed by atoms with van der Waals surface area (Å²) in [6, 6.07) is 13.0. The molecule has 2 bridgehead atoms. The summed E-state index contributed by atoms with van der Waals surface area (Å²) in [5, 5.41) is 9.90. The maximum atomic E-state index is 13.0. The number of amides is 1. The van der Waals surface area contributed by atoms with E-state index in [1.165, 1.54) is 0 Å². The van der Waals surface area contributed by atoms with Gasteiger partial charge in [0.05, 0.1) is 6.61 Å². The van der Waals surface area contributed by atoms with Gasteiger partial charge in [-0.15, -0.1) is 0 Å². The number of carbonyl (C=O) groups excluding carboxylic acids is 1. The molecule has 5 nitrogen and oxygen atoms in total. The molecule has 0 aliphatic carbocycles. The van der Waals surface area contributed by atoms with Crippen LogP contribution in [0.5, 0.6) is 11.7 Å². The molecule has 4 rings (SSSR count). The molecule has 2 aliphatic rings. The van der Waals surface area contributed by atoms with Crippen LogP contribution in [0.2, 0.25) is 0 Å². The maximum Gasteiger partial charge on any atom is 0.290 e. The minimum absolute atomic E-state index is 0.0980. The number of para-hydroxylation sites is 1.